The maximum Gasteiger partial charge on any atom is 0.0619 e. The van der Waals surface area contributed by atoms with Gasteiger partial charge < -0.3 is 14.0 Å². The number of fused-ring (bicyclic) bond motifs is 8. The van der Waals surface area contributed by atoms with Gasteiger partial charge >= 0.3 is 0 Å². The second kappa shape index (κ2) is 11.0. The molecule has 0 atom stereocenters. The fourth-order valence-corrected chi connectivity index (χ4v) is 7.80. The molecule has 230 valence electrons. The number of benzene rings is 8. The summed E-state index contributed by atoms with van der Waals surface area (Å²) in [4.78, 5) is 2.40. The average molecular weight is 626 g/mol. The Morgan fingerprint density at radius 2 is 0.898 bits per heavy atom. The summed E-state index contributed by atoms with van der Waals surface area (Å²) in [5, 5.41) is 7.49. The van der Waals surface area contributed by atoms with Gasteiger partial charge in [-0.2, -0.15) is 0 Å². The van der Waals surface area contributed by atoms with Gasteiger partial charge in [0, 0.05) is 49.7 Å². The monoisotopic (exact) mass is 625 g/mol. The summed E-state index contributed by atoms with van der Waals surface area (Å²) in [7, 11) is 0. The van der Waals surface area contributed by atoms with Crippen LogP contribution in [-0.4, -0.2) is 9.13 Å². The highest BCUT2D eigenvalue weighted by Crippen LogP contribution is 2.44. The minimum Gasteiger partial charge on any atom is -0.310 e. The molecule has 8 aromatic carbocycles. The first-order chi connectivity index (χ1) is 24.3. The zero-order valence-corrected chi connectivity index (χ0v) is 26.7. The third-order valence-corrected chi connectivity index (χ3v) is 9.87. The quantitative estimate of drug-likeness (QED) is 0.185. The molecular formula is C46H31N3. The number of anilines is 3. The van der Waals surface area contributed by atoms with Crippen LogP contribution in [0.2, 0.25) is 0 Å². The minimum atomic E-state index is 1.10. The van der Waals surface area contributed by atoms with Crippen molar-refractivity contribution in [3.63, 3.8) is 0 Å². The lowest BCUT2D eigenvalue weighted by Crippen LogP contribution is -2.10. The van der Waals surface area contributed by atoms with E-state index in [9.17, 15) is 0 Å². The number of para-hydroxylation sites is 4. The molecule has 2 heterocycles. The third kappa shape index (κ3) is 4.23. The molecule has 49 heavy (non-hydrogen) atoms. The van der Waals surface area contributed by atoms with Crippen molar-refractivity contribution in [1.29, 1.82) is 0 Å². The Balaban J connectivity index is 1.21. The molecule has 0 amide bonds. The number of hydrogen-bond donors (Lipinski definition) is 0. The molecule has 10 rings (SSSR count). The van der Waals surface area contributed by atoms with Gasteiger partial charge in [-0.15, -0.1) is 0 Å². The summed E-state index contributed by atoms with van der Waals surface area (Å²) in [6.45, 7) is 0. The van der Waals surface area contributed by atoms with Crippen molar-refractivity contribution in [2.45, 2.75) is 0 Å². The van der Waals surface area contributed by atoms with Gasteiger partial charge in [0.25, 0.3) is 0 Å². The van der Waals surface area contributed by atoms with Crippen molar-refractivity contribution in [3.8, 4) is 11.4 Å². The summed E-state index contributed by atoms with van der Waals surface area (Å²) >= 11 is 0. The predicted octanol–water partition coefficient (Wildman–Crippen LogP) is 12.5. The normalized spacial score (nSPS) is 11.7. The zero-order chi connectivity index (χ0) is 32.3. The van der Waals surface area contributed by atoms with Gasteiger partial charge in [-0.05, 0) is 78.2 Å². The molecule has 0 N–H and O–H groups in total. The van der Waals surface area contributed by atoms with Gasteiger partial charge in [0.2, 0.25) is 0 Å². The summed E-state index contributed by atoms with van der Waals surface area (Å²) in [5.41, 5.74) is 10.5. The molecule has 0 saturated carbocycles. The molecule has 0 spiro atoms. The molecule has 0 radical (unpaired) electrons. The number of aromatic nitrogens is 2. The van der Waals surface area contributed by atoms with E-state index >= 15 is 0 Å². The highest BCUT2D eigenvalue weighted by Gasteiger charge is 2.21. The Morgan fingerprint density at radius 3 is 1.67 bits per heavy atom. The van der Waals surface area contributed by atoms with E-state index in [1.54, 1.807) is 0 Å². The van der Waals surface area contributed by atoms with E-state index in [1.807, 2.05) is 0 Å². The van der Waals surface area contributed by atoms with Crippen molar-refractivity contribution < 1.29 is 0 Å². The average Bonchev–Trinajstić information content (AvgIpc) is 3.70. The molecule has 0 unspecified atom stereocenters. The standard InChI is InChI=1S/C46H31N3/c1-3-15-33(16-4-1)47(43-24-13-25-44-45(43)40-21-10-12-23-42(40)48(44)34-17-5-2-6-18-34)35-27-29-36(30-28-35)49-41-22-11-9-20-38(41)39-31-26-32-14-7-8-19-37(32)46(39)49/h1-31H. The van der Waals surface area contributed by atoms with E-state index < -0.39 is 0 Å². The maximum atomic E-state index is 2.43. The minimum absolute atomic E-state index is 1.10. The Labute approximate surface area is 284 Å². The lowest BCUT2D eigenvalue weighted by atomic mass is 10.1. The van der Waals surface area contributed by atoms with Crippen molar-refractivity contribution in [1.82, 2.24) is 9.13 Å². The number of hydrogen-bond acceptors (Lipinski definition) is 1. The van der Waals surface area contributed by atoms with Gasteiger partial charge in [0.15, 0.2) is 0 Å². The molecule has 0 aliphatic carbocycles. The highest BCUT2D eigenvalue weighted by molar-refractivity contribution is 6.19. The second-order valence-electron chi connectivity index (χ2n) is 12.6. The first-order valence-corrected chi connectivity index (χ1v) is 16.8. The molecule has 0 fully saturated rings. The van der Waals surface area contributed by atoms with Crippen LogP contribution in [0, 0.1) is 0 Å². The Kier molecular flexibility index (Phi) is 6.18. The van der Waals surface area contributed by atoms with Crippen LogP contribution < -0.4 is 4.90 Å². The molecule has 3 nitrogen and oxygen atoms in total. The van der Waals surface area contributed by atoms with Gasteiger partial charge in [-0.25, -0.2) is 0 Å². The van der Waals surface area contributed by atoms with E-state index in [2.05, 4.69) is 202 Å². The first kappa shape index (κ1) is 27.5. The molecule has 0 bridgehead atoms. The first-order valence-electron chi connectivity index (χ1n) is 16.8. The summed E-state index contributed by atoms with van der Waals surface area (Å²) in [6.07, 6.45) is 0. The summed E-state index contributed by atoms with van der Waals surface area (Å²) < 4.78 is 4.81. The van der Waals surface area contributed by atoms with Crippen molar-refractivity contribution in [3.05, 3.63) is 188 Å². The molecule has 10 aromatic rings. The van der Waals surface area contributed by atoms with Crippen LogP contribution in [0.4, 0.5) is 17.1 Å². The third-order valence-electron chi connectivity index (χ3n) is 9.87. The highest BCUT2D eigenvalue weighted by atomic mass is 15.1. The topological polar surface area (TPSA) is 13.1 Å². The fourth-order valence-electron chi connectivity index (χ4n) is 7.80. The fraction of sp³-hybridized carbons (Fsp3) is 0. The molecular weight excluding hydrogens is 595 g/mol. The number of rotatable bonds is 5. The second-order valence-corrected chi connectivity index (χ2v) is 12.6. The van der Waals surface area contributed by atoms with E-state index in [1.165, 1.54) is 54.4 Å². The largest absolute Gasteiger partial charge is 0.310 e. The van der Waals surface area contributed by atoms with Gasteiger partial charge in [0.1, 0.15) is 0 Å². The van der Waals surface area contributed by atoms with E-state index in [-0.39, 0.29) is 0 Å². The summed E-state index contributed by atoms with van der Waals surface area (Å²) in [5.74, 6) is 0. The van der Waals surface area contributed by atoms with E-state index in [0.717, 1.165) is 28.4 Å². The molecule has 0 aliphatic heterocycles. The predicted molar refractivity (Wildman–Crippen MR) is 207 cm³/mol. The number of nitrogens with zero attached hydrogens (tertiary/aromatic N) is 3. The van der Waals surface area contributed by atoms with Crippen molar-refractivity contribution in [2.24, 2.45) is 0 Å². The zero-order valence-electron chi connectivity index (χ0n) is 26.7. The maximum absolute atomic E-state index is 2.43. The van der Waals surface area contributed by atoms with Crippen LogP contribution in [0.25, 0.3) is 65.8 Å². The van der Waals surface area contributed by atoms with Gasteiger partial charge in [-0.3, -0.25) is 0 Å². The van der Waals surface area contributed by atoms with Gasteiger partial charge in [-0.1, -0.05) is 115 Å². The van der Waals surface area contributed by atoms with Crippen LogP contribution in [0.1, 0.15) is 0 Å². The Morgan fingerprint density at radius 1 is 0.327 bits per heavy atom. The molecule has 0 saturated heterocycles. The van der Waals surface area contributed by atoms with Crippen molar-refractivity contribution >= 4 is 71.4 Å². The van der Waals surface area contributed by atoms with E-state index in [4.69, 9.17) is 0 Å². The van der Waals surface area contributed by atoms with E-state index in [0.29, 0.717) is 0 Å². The van der Waals surface area contributed by atoms with Crippen LogP contribution >= 0.6 is 0 Å². The van der Waals surface area contributed by atoms with Crippen LogP contribution in [0.15, 0.2) is 188 Å². The van der Waals surface area contributed by atoms with Crippen LogP contribution in [-0.2, 0) is 0 Å². The molecule has 0 aliphatic rings. The lowest BCUT2D eigenvalue weighted by molar-refractivity contribution is 1.18. The van der Waals surface area contributed by atoms with Crippen molar-refractivity contribution in [2.75, 3.05) is 4.90 Å². The van der Waals surface area contributed by atoms with Crippen LogP contribution in [0.5, 0.6) is 0 Å². The van der Waals surface area contributed by atoms with Gasteiger partial charge in [0.05, 0.1) is 27.8 Å². The lowest BCUT2D eigenvalue weighted by Gasteiger charge is -2.27. The SMILES string of the molecule is c1ccc(N(c2ccc(-n3c4ccccc4c4ccc5ccccc5c43)cc2)c2cccc3c2c2ccccc2n3-c2ccccc2)cc1. The smallest absolute Gasteiger partial charge is 0.0619 e. The van der Waals surface area contributed by atoms with Crippen LogP contribution in [0.3, 0.4) is 0 Å². The summed E-state index contributed by atoms with van der Waals surface area (Å²) in [6, 6.07) is 67.8. The molecule has 3 heteroatoms. The Bertz CT molecular complexity index is 2810. The Hall–Kier alpha value is -6.58. The molecule has 2 aromatic heterocycles.